The van der Waals surface area contributed by atoms with Gasteiger partial charge in [0.25, 0.3) is 0 Å². The molecule has 0 spiro atoms. The summed E-state index contributed by atoms with van der Waals surface area (Å²) in [5.41, 5.74) is 6.69. The summed E-state index contributed by atoms with van der Waals surface area (Å²) in [6.45, 7) is 3.59. The van der Waals surface area contributed by atoms with E-state index in [0.29, 0.717) is 5.56 Å². The zero-order valence-electron chi connectivity index (χ0n) is 11.6. The number of carbonyl (C=O) groups excluding carboxylic acids is 1. The average molecular weight is 293 g/mol. The number of nitrogen functional groups attached to an aromatic ring is 1. The van der Waals surface area contributed by atoms with E-state index < -0.39 is 17.5 Å². The standard InChI is InChI=1S/C16H14F3NO/c1-9-4-3-5-12(10(9)2)15(21)13-8-11(16(17,18)19)6-7-14(13)20/h3-8H,20H2,1-2H3. The lowest BCUT2D eigenvalue weighted by atomic mass is 9.94. The third-order valence-corrected chi connectivity index (χ3v) is 3.47. The first-order chi connectivity index (χ1) is 9.71. The van der Waals surface area contributed by atoms with Gasteiger partial charge in [0, 0.05) is 16.8 Å². The van der Waals surface area contributed by atoms with Crippen LogP contribution < -0.4 is 5.73 Å². The molecule has 0 atom stereocenters. The van der Waals surface area contributed by atoms with Crippen molar-refractivity contribution in [2.45, 2.75) is 20.0 Å². The van der Waals surface area contributed by atoms with Crippen LogP contribution in [0.4, 0.5) is 18.9 Å². The Balaban J connectivity index is 2.56. The molecule has 21 heavy (non-hydrogen) atoms. The van der Waals surface area contributed by atoms with Gasteiger partial charge in [0.2, 0.25) is 0 Å². The maximum atomic E-state index is 12.8. The Morgan fingerprint density at radius 3 is 2.33 bits per heavy atom. The lowest BCUT2D eigenvalue weighted by molar-refractivity contribution is -0.137. The maximum Gasteiger partial charge on any atom is 0.416 e. The molecule has 2 nitrogen and oxygen atoms in total. The number of rotatable bonds is 2. The minimum atomic E-state index is -4.51. The molecule has 110 valence electrons. The quantitative estimate of drug-likeness (QED) is 0.668. The molecule has 2 N–H and O–H groups in total. The Morgan fingerprint density at radius 1 is 1.05 bits per heavy atom. The van der Waals surface area contributed by atoms with Gasteiger partial charge in [-0.2, -0.15) is 13.2 Å². The summed E-state index contributed by atoms with van der Waals surface area (Å²) in [5.74, 6) is -0.500. The second kappa shape index (κ2) is 5.24. The molecule has 0 aromatic heterocycles. The van der Waals surface area contributed by atoms with E-state index in [9.17, 15) is 18.0 Å². The molecule has 0 aliphatic carbocycles. The Labute approximate surface area is 120 Å². The predicted octanol–water partition coefficient (Wildman–Crippen LogP) is 4.14. The second-order valence-electron chi connectivity index (χ2n) is 4.88. The molecular formula is C16H14F3NO. The highest BCUT2D eigenvalue weighted by atomic mass is 19.4. The molecule has 0 aliphatic heterocycles. The van der Waals surface area contributed by atoms with Crippen LogP contribution in [0.1, 0.15) is 32.6 Å². The van der Waals surface area contributed by atoms with Gasteiger partial charge in [0.15, 0.2) is 5.78 Å². The fourth-order valence-corrected chi connectivity index (χ4v) is 2.07. The molecule has 0 radical (unpaired) electrons. The van der Waals surface area contributed by atoms with E-state index in [1.165, 1.54) is 0 Å². The van der Waals surface area contributed by atoms with Gasteiger partial charge in [0.1, 0.15) is 0 Å². The van der Waals surface area contributed by atoms with Crippen LogP contribution in [0.15, 0.2) is 36.4 Å². The fourth-order valence-electron chi connectivity index (χ4n) is 2.07. The van der Waals surface area contributed by atoms with Crippen LogP contribution in [0.3, 0.4) is 0 Å². The van der Waals surface area contributed by atoms with Gasteiger partial charge in [-0.05, 0) is 43.2 Å². The number of halogens is 3. The summed E-state index contributed by atoms with van der Waals surface area (Å²) < 4.78 is 38.3. The van der Waals surface area contributed by atoms with Crippen molar-refractivity contribution in [2.24, 2.45) is 0 Å². The zero-order valence-corrected chi connectivity index (χ0v) is 11.6. The summed E-state index contributed by atoms with van der Waals surface area (Å²) in [6.07, 6.45) is -4.51. The molecule has 2 rings (SSSR count). The fraction of sp³-hybridized carbons (Fsp3) is 0.188. The minimum absolute atomic E-state index is 0.0360. The van der Waals surface area contributed by atoms with Crippen molar-refractivity contribution < 1.29 is 18.0 Å². The molecule has 0 amide bonds. The Morgan fingerprint density at radius 2 is 1.71 bits per heavy atom. The minimum Gasteiger partial charge on any atom is -0.398 e. The molecule has 2 aromatic rings. The molecule has 0 heterocycles. The van der Waals surface area contributed by atoms with Crippen LogP contribution in [-0.4, -0.2) is 5.78 Å². The molecule has 0 fully saturated rings. The van der Waals surface area contributed by atoms with E-state index in [1.54, 1.807) is 19.1 Å². The highest BCUT2D eigenvalue weighted by molar-refractivity contribution is 6.13. The number of ketones is 1. The third-order valence-electron chi connectivity index (χ3n) is 3.47. The van der Waals surface area contributed by atoms with Crippen LogP contribution in [0.5, 0.6) is 0 Å². The number of alkyl halides is 3. The molecule has 0 bridgehead atoms. The Hall–Kier alpha value is -2.30. The summed E-state index contributed by atoms with van der Waals surface area (Å²) in [6, 6.07) is 7.90. The first-order valence-corrected chi connectivity index (χ1v) is 6.29. The van der Waals surface area contributed by atoms with E-state index in [2.05, 4.69) is 0 Å². The van der Waals surface area contributed by atoms with E-state index in [4.69, 9.17) is 5.73 Å². The topological polar surface area (TPSA) is 43.1 Å². The number of hydrogen-bond donors (Lipinski definition) is 1. The first kappa shape index (κ1) is 15.1. The van der Waals surface area contributed by atoms with Gasteiger partial charge in [-0.25, -0.2) is 0 Å². The van der Waals surface area contributed by atoms with Crippen molar-refractivity contribution >= 4 is 11.5 Å². The van der Waals surface area contributed by atoms with Crippen molar-refractivity contribution in [1.82, 2.24) is 0 Å². The van der Waals surface area contributed by atoms with Gasteiger partial charge < -0.3 is 5.73 Å². The summed E-state index contributed by atoms with van der Waals surface area (Å²) >= 11 is 0. The summed E-state index contributed by atoms with van der Waals surface area (Å²) in [4.78, 5) is 12.5. The van der Waals surface area contributed by atoms with Gasteiger partial charge >= 0.3 is 6.18 Å². The third kappa shape index (κ3) is 2.91. The van der Waals surface area contributed by atoms with Gasteiger partial charge in [0.05, 0.1) is 5.56 Å². The highest BCUT2D eigenvalue weighted by Crippen LogP contribution is 2.32. The van der Waals surface area contributed by atoms with Crippen molar-refractivity contribution in [3.05, 3.63) is 64.2 Å². The lowest BCUT2D eigenvalue weighted by Gasteiger charge is -2.12. The highest BCUT2D eigenvalue weighted by Gasteiger charge is 2.31. The normalized spacial score (nSPS) is 11.5. The molecule has 0 aliphatic rings. The largest absolute Gasteiger partial charge is 0.416 e. The number of anilines is 1. The molecule has 2 aromatic carbocycles. The summed E-state index contributed by atoms with van der Waals surface area (Å²) in [5, 5.41) is 0. The Kier molecular flexibility index (Phi) is 3.77. The predicted molar refractivity (Wildman–Crippen MR) is 75.2 cm³/mol. The maximum absolute atomic E-state index is 12.8. The lowest BCUT2D eigenvalue weighted by Crippen LogP contribution is -2.11. The van der Waals surface area contributed by atoms with Crippen molar-refractivity contribution in [1.29, 1.82) is 0 Å². The smallest absolute Gasteiger partial charge is 0.398 e. The number of aryl methyl sites for hydroxylation is 1. The van der Waals surface area contributed by atoms with E-state index in [-0.39, 0.29) is 11.3 Å². The van der Waals surface area contributed by atoms with E-state index in [0.717, 1.165) is 29.3 Å². The van der Waals surface area contributed by atoms with Gasteiger partial charge in [-0.15, -0.1) is 0 Å². The van der Waals surface area contributed by atoms with Crippen LogP contribution in [-0.2, 0) is 6.18 Å². The SMILES string of the molecule is Cc1cccc(C(=O)c2cc(C(F)(F)F)ccc2N)c1C. The zero-order chi connectivity index (χ0) is 15.8. The number of carbonyl (C=O) groups is 1. The molecular weight excluding hydrogens is 279 g/mol. The van der Waals surface area contributed by atoms with Gasteiger partial charge in [-0.1, -0.05) is 18.2 Å². The van der Waals surface area contributed by atoms with Crippen LogP contribution in [0.2, 0.25) is 0 Å². The first-order valence-electron chi connectivity index (χ1n) is 6.29. The van der Waals surface area contributed by atoms with Crippen molar-refractivity contribution in [3.63, 3.8) is 0 Å². The van der Waals surface area contributed by atoms with Crippen LogP contribution >= 0.6 is 0 Å². The molecule has 0 saturated heterocycles. The summed E-state index contributed by atoms with van der Waals surface area (Å²) in [7, 11) is 0. The molecule has 0 saturated carbocycles. The Bertz CT molecular complexity index is 705. The van der Waals surface area contributed by atoms with Crippen molar-refractivity contribution in [2.75, 3.05) is 5.73 Å². The van der Waals surface area contributed by atoms with Crippen LogP contribution in [0, 0.1) is 13.8 Å². The van der Waals surface area contributed by atoms with E-state index >= 15 is 0 Å². The average Bonchev–Trinajstić information content (AvgIpc) is 2.40. The molecule has 0 unspecified atom stereocenters. The number of nitrogens with two attached hydrogens (primary N) is 1. The van der Waals surface area contributed by atoms with E-state index in [1.807, 2.05) is 13.0 Å². The van der Waals surface area contributed by atoms with Crippen molar-refractivity contribution in [3.8, 4) is 0 Å². The number of benzene rings is 2. The number of hydrogen-bond acceptors (Lipinski definition) is 2. The monoisotopic (exact) mass is 293 g/mol. The van der Waals surface area contributed by atoms with Gasteiger partial charge in [-0.3, -0.25) is 4.79 Å². The molecule has 5 heteroatoms. The second-order valence-corrected chi connectivity index (χ2v) is 4.88. The van der Waals surface area contributed by atoms with Crippen LogP contribution in [0.25, 0.3) is 0 Å².